The second-order valence-corrected chi connectivity index (χ2v) is 6.73. The third-order valence-electron chi connectivity index (χ3n) is 4.69. The number of hydrogen-bond donors (Lipinski definition) is 2. The summed E-state index contributed by atoms with van der Waals surface area (Å²) in [6, 6.07) is 11.7. The minimum atomic E-state index is 0.233. The molecule has 1 aromatic carbocycles. The number of nitrogens with one attached hydrogen (secondary N) is 2. The Morgan fingerprint density at radius 1 is 1.04 bits per heavy atom. The van der Waals surface area contributed by atoms with Crippen LogP contribution in [0.5, 0.6) is 11.5 Å². The second-order valence-electron chi connectivity index (χ2n) is 6.34. The topological polar surface area (TPSA) is 80.2 Å². The molecule has 4 heterocycles. The van der Waals surface area contributed by atoms with Gasteiger partial charge in [0.2, 0.25) is 6.79 Å². The Bertz CT molecular complexity index is 1040. The van der Waals surface area contributed by atoms with Crippen molar-refractivity contribution in [1.29, 1.82) is 0 Å². The number of piperazine rings is 1. The van der Waals surface area contributed by atoms with Crippen molar-refractivity contribution >= 4 is 18.0 Å². The monoisotopic (exact) mass is 382 g/mol. The Balaban J connectivity index is 1.56. The lowest BCUT2D eigenvalue weighted by molar-refractivity contribution is 0.174. The highest BCUT2D eigenvalue weighted by molar-refractivity contribution is 7.71. The SMILES string of the molecule is S=c1[nH]nc(-c2cccc(N3CCNCC3)n2)n1-c1ccc2c(c1)OCO2. The summed E-state index contributed by atoms with van der Waals surface area (Å²) in [6.45, 7) is 4.03. The maximum absolute atomic E-state index is 5.49. The molecule has 1 saturated heterocycles. The fraction of sp³-hybridized carbons (Fsp3) is 0.278. The number of anilines is 1. The van der Waals surface area contributed by atoms with E-state index < -0.39 is 0 Å². The highest BCUT2D eigenvalue weighted by Crippen LogP contribution is 2.34. The molecule has 0 unspecified atom stereocenters. The Hall–Kier alpha value is -2.91. The lowest BCUT2D eigenvalue weighted by Crippen LogP contribution is -2.43. The first-order valence-electron chi connectivity index (χ1n) is 8.80. The fourth-order valence-electron chi connectivity index (χ4n) is 3.35. The Morgan fingerprint density at radius 3 is 2.78 bits per heavy atom. The van der Waals surface area contributed by atoms with Crippen molar-refractivity contribution in [3.8, 4) is 28.7 Å². The van der Waals surface area contributed by atoms with Gasteiger partial charge in [-0.05, 0) is 36.5 Å². The molecular weight excluding hydrogens is 364 g/mol. The lowest BCUT2D eigenvalue weighted by atomic mass is 10.2. The van der Waals surface area contributed by atoms with Crippen molar-refractivity contribution in [2.45, 2.75) is 0 Å². The molecule has 0 radical (unpaired) electrons. The molecule has 0 atom stereocenters. The number of hydrogen-bond acceptors (Lipinski definition) is 7. The predicted molar refractivity (Wildman–Crippen MR) is 103 cm³/mol. The molecule has 27 heavy (non-hydrogen) atoms. The predicted octanol–water partition coefficient (Wildman–Crippen LogP) is 2.13. The largest absolute Gasteiger partial charge is 0.454 e. The molecule has 3 aromatic rings. The van der Waals surface area contributed by atoms with E-state index >= 15 is 0 Å². The molecular formula is C18H18N6O2S. The smallest absolute Gasteiger partial charge is 0.231 e. The highest BCUT2D eigenvalue weighted by atomic mass is 32.1. The average Bonchev–Trinajstić information content (AvgIpc) is 3.34. The molecule has 2 aliphatic heterocycles. The van der Waals surface area contributed by atoms with Crippen molar-refractivity contribution in [3.63, 3.8) is 0 Å². The minimum absolute atomic E-state index is 0.233. The van der Waals surface area contributed by atoms with Crippen LogP contribution in [-0.2, 0) is 0 Å². The van der Waals surface area contributed by atoms with Crippen LogP contribution in [0.25, 0.3) is 17.2 Å². The third kappa shape index (κ3) is 2.94. The maximum atomic E-state index is 5.49. The zero-order valence-corrected chi connectivity index (χ0v) is 15.3. The molecule has 0 amide bonds. The van der Waals surface area contributed by atoms with Crippen LogP contribution in [0.1, 0.15) is 0 Å². The van der Waals surface area contributed by atoms with E-state index in [1.54, 1.807) is 0 Å². The van der Waals surface area contributed by atoms with E-state index in [2.05, 4.69) is 20.4 Å². The van der Waals surface area contributed by atoms with E-state index in [0.29, 0.717) is 16.3 Å². The molecule has 0 spiro atoms. The van der Waals surface area contributed by atoms with Crippen molar-refractivity contribution in [3.05, 3.63) is 41.2 Å². The summed E-state index contributed by atoms with van der Waals surface area (Å²) >= 11 is 5.47. The number of benzene rings is 1. The molecule has 2 aromatic heterocycles. The van der Waals surface area contributed by atoms with Gasteiger partial charge in [0.1, 0.15) is 11.5 Å². The van der Waals surface area contributed by atoms with Crippen LogP contribution >= 0.6 is 12.2 Å². The van der Waals surface area contributed by atoms with E-state index in [1.807, 2.05) is 41.0 Å². The van der Waals surface area contributed by atoms with Crippen LogP contribution < -0.4 is 19.7 Å². The van der Waals surface area contributed by atoms with Gasteiger partial charge in [-0.15, -0.1) is 0 Å². The van der Waals surface area contributed by atoms with Crippen molar-refractivity contribution < 1.29 is 9.47 Å². The van der Waals surface area contributed by atoms with Gasteiger partial charge >= 0.3 is 0 Å². The van der Waals surface area contributed by atoms with Gasteiger partial charge in [-0.2, -0.15) is 5.10 Å². The molecule has 2 aliphatic rings. The molecule has 1 fully saturated rings. The van der Waals surface area contributed by atoms with Crippen LogP contribution in [0.15, 0.2) is 36.4 Å². The first-order chi connectivity index (χ1) is 13.3. The van der Waals surface area contributed by atoms with Gasteiger partial charge < -0.3 is 19.7 Å². The van der Waals surface area contributed by atoms with Gasteiger partial charge in [0, 0.05) is 32.2 Å². The zero-order valence-electron chi connectivity index (χ0n) is 14.5. The third-order valence-corrected chi connectivity index (χ3v) is 4.97. The van der Waals surface area contributed by atoms with E-state index in [-0.39, 0.29) is 6.79 Å². The molecule has 8 nitrogen and oxygen atoms in total. The van der Waals surface area contributed by atoms with Crippen molar-refractivity contribution in [1.82, 2.24) is 25.1 Å². The van der Waals surface area contributed by atoms with Crippen molar-refractivity contribution in [2.24, 2.45) is 0 Å². The number of aromatic amines is 1. The minimum Gasteiger partial charge on any atom is -0.454 e. The first kappa shape index (κ1) is 16.3. The number of H-pyrrole nitrogens is 1. The zero-order chi connectivity index (χ0) is 18.2. The molecule has 0 aliphatic carbocycles. The number of nitrogens with zero attached hydrogens (tertiary/aromatic N) is 4. The fourth-order valence-corrected chi connectivity index (χ4v) is 3.59. The van der Waals surface area contributed by atoms with Crippen LogP contribution in [0.4, 0.5) is 5.82 Å². The summed E-state index contributed by atoms with van der Waals surface area (Å²) < 4.78 is 13.2. The summed E-state index contributed by atoms with van der Waals surface area (Å²) in [4.78, 5) is 7.10. The van der Waals surface area contributed by atoms with Gasteiger partial charge in [0.05, 0.1) is 5.69 Å². The van der Waals surface area contributed by atoms with Crippen LogP contribution in [0, 0.1) is 4.77 Å². The number of rotatable bonds is 3. The molecule has 5 rings (SSSR count). The quantitative estimate of drug-likeness (QED) is 0.672. The number of aromatic nitrogens is 4. The van der Waals surface area contributed by atoms with Crippen LogP contribution in [-0.4, -0.2) is 52.7 Å². The number of fused-ring (bicyclic) bond motifs is 1. The molecule has 0 bridgehead atoms. The molecule has 2 N–H and O–H groups in total. The second kappa shape index (κ2) is 6.67. The van der Waals surface area contributed by atoms with Gasteiger partial charge in [0.25, 0.3) is 0 Å². The van der Waals surface area contributed by atoms with E-state index in [4.69, 9.17) is 26.7 Å². The van der Waals surface area contributed by atoms with Gasteiger partial charge in [-0.25, -0.2) is 4.98 Å². The standard InChI is InChI=1S/C18H18N6O2S/c27-18-22-21-17(24(18)12-4-5-14-15(10-12)26-11-25-14)13-2-1-3-16(20-13)23-8-6-19-7-9-23/h1-5,10,19H,6-9,11H2,(H,22,27). The summed E-state index contributed by atoms with van der Waals surface area (Å²) in [7, 11) is 0. The molecule has 9 heteroatoms. The van der Waals surface area contributed by atoms with Gasteiger partial charge in [0.15, 0.2) is 22.1 Å². The van der Waals surface area contributed by atoms with E-state index in [0.717, 1.165) is 49.1 Å². The molecule has 138 valence electrons. The van der Waals surface area contributed by atoms with Crippen LogP contribution in [0.3, 0.4) is 0 Å². The maximum Gasteiger partial charge on any atom is 0.231 e. The Labute approximate surface area is 160 Å². The van der Waals surface area contributed by atoms with Gasteiger partial charge in [-0.1, -0.05) is 6.07 Å². The van der Waals surface area contributed by atoms with Gasteiger partial charge in [-0.3, -0.25) is 9.67 Å². The number of ether oxygens (including phenoxy) is 2. The summed E-state index contributed by atoms with van der Waals surface area (Å²) in [5.74, 6) is 3.04. The highest BCUT2D eigenvalue weighted by Gasteiger charge is 2.19. The summed E-state index contributed by atoms with van der Waals surface area (Å²) in [5.41, 5.74) is 1.61. The summed E-state index contributed by atoms with van der Waals surface area (Å²) in [6.07, 6.45) is 0. The van der Waals surface area contributed by atoms with Crippen molar-refractivity contribution in [2.75, 3.05) is 37.9 Å². The van der Waals surface area contributed by atoms with Crippen LogP contribution in [0.2, 0.25) is 0 Å². The normalized spacial score (nSPS) is 15.9. The molecule has 0 saturated carbocycles. The summed E-state index contributed by atoms with van der Waals surface area (Å²) in [5, 5.41) is 10.7. The lowest BCUT2D eigenvalue weighted by Gasteiger charge is -2.28. The first-order valence-corrected chi connectivity index (χ1v) is 9.21. The Morgan fingerprint density at radius 2 is 1.89 bits per heavy atom. The Kier molecular flexibility index (Phi) is 4.02. The average molecular weight is 382 g/mol. The number of pyridine rings is 1. The van der Waals surface area contributed by atoms with E-state index in [1.165, 1.54) is 0 Å². The van der Waals surface area contributed by atoms with E-state index in [9.17, 15) is 0 Å².